The summed E-state index contributed by atoms with van der Waals surface area (Å²) >= 11 is 16.9. The van der Waals surface area contributed by atoms with Crippen molar-refractivity contribution in [3.8, 4) is 0 Å². The molecule has 2 aromatic carbocycles. The molecule has 0 N–H and O–H groups in total. The second kappa shape index (κ2) is 13.9. The average molecular weight is 366 g/mol. The van der Waals surface area contributed by atoms with E-state index in [0.717, 1.165) is 16.1 Å². The van der Waals surface area contributed by atoms with E-state index >= 15 is 0 Å². The molecular formula is C18H24Cl3F. The van der Waals surface area contributed by atoms with Crippen LogP contribution in [-0.4, -0.2) is 0 Å². The van der Waals surface area contributed by atoms with E-state index < -0.39 is 0 Å². The Balaban J connectivity index is 0. The molecule has 4 heteroatoms. The highest BCUT2D eigenvalue weighted by Crippen LogP contribution is 2.19. The van der Waals surface area contributed by atoms with E-state index in [0.29, 0.717) is 10.0 Å². The minimum absolute atomic E-state index is 0.286. The molecule has 2 rings (SSSR count). The SMILES string of the molecule is CC.CC.Cc1ccc(Cl)cc1Cl.Cc1ccc(F)cc1Cl. The Morgan fingerprint density at radius 1 is 0.682 bits per heavy atom. The topological polar surface area (TPSA) is 0 Å². The standard InChI is InChI=1S/C7H6Cl2.C7H6ClF.2C2H6/c1-5-2-3-6(8)4-7(5)9;1-5-2-3-6(9)4-7(5)8;2*1-2/h2*2-4H,1H3;2*1-2H3. The average Bonchev–Trinajstić information content (AvgIpc) is 2.52. The summed E-state index contributed by atoms with van der Waals surface area (Å²) in [6, 6.07) is 9.79. The van der Waals surface area contributed by atoms with Gasteiger partial charge in [-0.3, -0.25) is 0 Å². The second-order valence-corrected chi connectivity index (χ2v) is 5.04. The molecule has 0 saturated heterocycles. The van der Waals surface area contributed by atoms with Crippen LogP contribution in [0.5, 0.6) is 0 Å². The predicted molar refractivity (Wildman–Crippen MR) is 100 cm³/mol. The molecule has 0 nitrogen and oxygen atoms in total. The van der Waals surface area contributed by atoms with Crippen LogP contribution in [0.15, 0.2) is 36.4 Å². The zero-order chi connectivity index (χ0) is 17.7. The number of hydrogen-bond acceptors (Lipinski definition) is 0. The normalized spacial score (nSPS) is 8.45. The van der Waals surface area contributed by atoms with Crippen molar-refractivity contribution in [3.05, 3.63) is 68.4 Å². The van der Waals surface area contributed by atoms with E-state index in [2.05, 4.69) is 0 Å². The van der Waals surface area contributed by atoms with Crippen molar-refractivity contribution < 1.29 is 4.39 Å². The third-order valence-electron chi connectivity index (χ3n) is 2.27. The number of benzene rings is 2. The van der Waals surface area contributed by atoms with Crippen molar-refractivity contribution in [2.45, 2.75) is 41.5 Å². The zero-order valence-electron chi connectivity index (χ0n) is 14.0. The molecule has 0 aliphatic rings. The Morgan fingerprint density at radius 2 is 1.09 bits per heavy atom. The molecule has 0 aliphatic carbocycles. The highest BCUT2D eigenvalue weighted by Gasteiger charge is 1.94. The van der Waals surface area contributed by atoms with Crippen LogP contribution in [0, 0.1) is 19.7 Å². The summed E-state index contributed by atoms with van der Waals surface area (Å²) in [4.78, 5) is 0. The maximum absolute atomic E-state index is 12.3. The molecule has 0 aliphatic heterocycles. The van der Waals surface area contributed by atoms with E-state index in [4.69, 9.17) is 34.8 Å². The molecule has 0 unspecified atom stereocenters. The van der Waals surface area contributed by atoms with Crippen molar-refractivity contribution in [1.82, 2.24) is 0 Å². The Kier molecular flexibility index (Phi) is 14.8. The number of halogens is 4. The van der Waals surface area contributed by atoms with Crippen molar-refractivity contribution >= 4 is 34.8 Å². The van der Waals surface area contributed by atoms with Gasteiger partial charge >= 0.3 is 0 Å². The zero-order valence-corrected chi connectivity index (χ0v) is 16.2. The van der Waals surface area contributed by atoms with Crippen molar-refractivity contribution in [2.75, 3.05) is 0 Å². The van der Waals surface area contributed by atoms with Crippen LogP contribution in [0.1, 0.15) is 38.8 Å². The van der Waals surface area contributed by atoms with E-state index in [1.807, 2.05) is 53.7 Å². The van der Waals surface area contributed by atoms with Gasteiger partial charge in [-0.15, -0.1) is 0 Å². The van der Waals surface area contributed by atoms with E-state index in [9.17, 15) is 4.39 Å². The molecule has 0 spiro atoms. The molecule has 0 radical (unpaired) electrons. The molecule has 22 heavy (non-hydrogen) atoms. The molecule has 124 valence electrons. The molecule has 0 fully saturated rings. The van der Waals surface area contributed by atoms with Gasteiger partial charge in [-0.05, 0) is 49.2 Å². The van der Waals surface area contributed by atoms with E-state index in [-0.39, 0.29) is 5.82 Å². The van der Waals surface area contributed by atoms with Crippen LogP contribution in [0.25, 0.3) is 0 Å². The lowest BCUT2D eigenvalue weighted by Gasteiger charge is -1.94. The Bertz CT molecular complexity index is 490. The van der Waals surface area contributed by atoms with Gasteiger partial charge in [0.1, 0.15) is 5.82 Å². The summed E-state index contributed by atoms with van der Waals surface area (Å²) in [6.45, 7) is 11.8. The number of aryl methyl sites for hydroxylation is 2. The Hall–Kier alpha value is -0.760. The fourth-order valence-electron chi connectivity index (χ4n) is 1.13. The van der Waals surface area contributed by atoms with Crippen LogP contribution in [0.2, 0.25) is 15.1 Å². The van der Waals surface area contributed by atoms with E-state index in [1.165, 1.54) is 12.1 Å². The van der Waals surface area contributed by atoms with Crippen molar-refractivity contribution in [1.29, 1.82) is 0 Å². The maximum Gasteiger partial charge on any atom is 0.124 e. The van der Waals surface area contributed by atoms with Gasteiger partial charge in [-0.25, -0.2) is 4.39 Å². The first-order valence-electron chi connectivity index (χ1n) is 7.23. The number of rotatable bonds is 0. The summed E-state index contributed by atoms with van der Waals surface area (Å²) < 4.78 is 12.3. The lowest BCUT2D eigenvalue weighted by atomic mass is 10.2. The van der Waals surface area contributed by atoms with Crippen LogP contribution < -0.4 is 0 Å². The van der Waals surface area contributed by atoms with Crippen molar-refractivity contribution in [2.24, 2.45) is 0 Å². The molecule has 0 aromatic heterocycles. The molecular weight excluding hydrogens is 342 g/mol. The first kappa shape index (κ1) is 23.5. The molecule has 0 amide bonds. The highest BCUT2D eigenvalue weighted by molar-refractivity contribution is 6.35. The van der Waals surface area contributed by atoms with Crippen LogP contribution >= 0.6 is 34.8 Å². The Labute approximate surface area is 149 Å². The minimum Gasteiger partial charge on any atom is -0.207 e. The summed E-state index contributed by atoms with van der Waals surface area (Å²) in [5.41, 5.74) is 1.96. The molecule has 0 heterocycles. The highest BCUT2D eigenvalue weighted by atomic mass is 35.5. The fraction of sp³-hybridized carbons (Fsp3) is 0.333. The monoisotopic (exact) mass is 364 g/mol. The van der Waals surface area contributed by atoms with Gasteiger partial charge in [0.2, 0.25) is 0 Å². The molecule has 0 saturated carbocycles. The smallest absolute Gasteiger partial charge is 0.124 e. The molecule has 2 aromatic rings. The minimum atomic E-state index is -0.286. The van der Waals surface area contributed by atoms with Crippen LogP contribution in [-0.2, 0) is 0 Å². The first-order valence-corrected chi connectivity index (χ1v) is 8.37. The molecule has 0 atom stereocenters. The maximum atomic E-state index is 12.3. The molecule has 0 bridgehead atoms. The summed E-state index contributed by atoms with van der Waals surface area (Å²) in [6.07, 6.45) is 0. The second-order valence-electron chi connectivity index (χ2n) is 3.79. The van der Waals surface area contributed by atoms with Crippen LogP contribution in [0.3, 0.4) is 0 Å². The quantitative estimate of drug-likeness (QED) is 0.442. The van der Waals surface area contributed by atoms with Gasteiger partial charge in [0.15, 0.2) is 0 Å². The summed E-state index contributed by atoms with van der Waals surface area (Å²) in [5, 5.41) is 1.89. The van der Waals surface area contributed by atoms with Gasteiger partial charge in [-0.1, -0.05) is 74.6 Å². The Morgan fingerprint density at radius 3 is 1.41 bits per heavy atom. The van der Waals surface area contributed by atoms with Gasteiger partial charge in [0.05, 0.1) is 0 Å². The van der Waals surface area contributed by atoms with Crippen molar-refractivity contribution in [3.63, 3.8) is 0 Å². The van der Waals surface area contributed by atoms with E-state index in [1.54, 1.807) is 12.1 Å². The largest absolute Gasteiger partial charge is 0.207 e. The van der Waals surface area contributed by atoms with Gasteiger partial charge in [-0.2, -0.15) is 0 Å². The fourth-order valence-corrected chi connectivity index (χ4v) is 1.71. The summed E-state index contributed by atoms with van der Waals surface area (Å²) in [5.74, 6) is -0.286. The van der Waals surface area contributed by atoms with Crippen LogP contribution in [0.4, 0.5) is 4.39 Å². The van der Waals surface area contributed by atoms with Gasteiger partial charge < -0.3 is 0 Å². The third-order valence-corrected chi connectivity index (χ3v) is 3.32. The third kappa shape index (κ3) is 10.0. The number of hydrogen-bond donors (Lipinski definition) is 0. The summed E-state index contributed by atoms with van der Waals surface area (Å²) in [7, 11) is 0. The lowest BCUT2D eigenvalue weighted by Crippen LogP contribution is -1.76. The first-order chi connectivity index (χ1) is 10.4. The predicted octanol–water partition coefficient (Wildman–Crippen LogP) is 8.14. The van der Waals surface area contributed by atoms with Gasteiger partial charge in [0, 0.05) is 15.1 Å². The van der Waals surface area contributed by atoms with Gasteiger partial charge in [0.25, 0.3) is 0 Å². The lowest BCUT2D eigenvalue weighted by molar-refractivity contribution is 0.627.